The van der Waals surface area contributed by atoms with Crippen molar-refractivity contribution >= 4 is 27.3 Å². The Morgan fingerprint density at radius 1 is 1.12 bits per heavy atom. The molecule has 32 heavy (non-hydrogen) atoms. The Hall–Kier alpha value is -3.18. The van der Waals surface area contributed by atoms with Crippen molar-refractivity contribution in [2.75, 3.05) is 50.5 Å². The molecule has 1 saturated heterocycles. The minimum Gasteiger partial charge on any atom is -0.497 e. The normalized spacial score (nSPS) is 14.8. The lowest BCUT2D eigenvalue weighted by Gasteiger charge is -2.35. The van der Waals surface area contributed by atoms with Gasteiger partial charge < -0.3 is 15.0 Å². The molecule has 2 aromatic carbocycles. The Kier molecular flexibility index (Phi) is 7.31. The van der Waals surface area contributed by atoms with Crippen LogP contribution in [0.3, 0.4) is 0 Å². The molecular formula is C21H26N4O6S. The summed E-state index contributed by atoms with van der Waals surface area (Å²) in [5, 5.41) is 13.6. The van der Waals surface area contributed by atoms with Gasteiger partial charge in [-0.15, -0.1) is 0 Å². The standard InChI is InChI=1S/C21H26N4O6S/c1-16-19(4-3-5-20(16)25(27)28)21(26)22-10-15-32(29,30)24-13-11-23(12-14-24)17-6-8-18(31-2)9-7-17/h3-9H,10-15H2,1-2H3,(H,22,26). The molecule has 1 heterocycles. The average Bonchev–Trinajstić information content (AvgIpc) is 2.79. The molecule has 1 fully saturated rings. The number of carbonyl (C=O) groups is 1. The summed E-state index contributed by atoms with van der Waals surface area (Å²) in [6.45, 7) is 3.24. The zero-order valence-corrected chi connectivity index (χ0v) is 18.8. The van der Waals surface area contributed by atoms with Crippen molar-refractivity contribution in [2.24, 2.45) is 0 Å². The summed E-state index contributed by atoms with van der Waals surface area (Å²) in [5.41, 5.74) is 1.25. The van der Waals surface area contributed by atoms with Crippen LogP contribution in [0.5, 0.6) is 5.75 Å². The molecule has 0 spiro atoms. The number of piperazine rings is 1. The molecule has 10 nitrogen and oxygen atoms in total. The lowest BCUT2D eigenvalue weighted by molar-refractivity contribution is -0.385. The first-order valence-electron chi connectivity index (χ1n) is 10.1. The Morgan fingerprint density at radius 3 is 2.38 bits per heavy atom. The number of nitro groups is 1. The summed E-state index contributed by atoms with van der Waals surface area (Å²) >= 11 is 0. The highest BCUT2D eigenvalue weighted by atomic mass is 32.2. The first-order chi connectivity index (χ1) is 15.2. The Labute approximate surface area is 187 Å². The highest BCUT2D eigenvalue weighted by Crippen LogP contribution is 2.22. The van der Waals surface area contributed by atoms with Crippen molar-refractivity contribution < 1.29 is 22.9 Å². The van der Waals surface area contributed by atoms with Crippen LogP contribution in [0.2, 0.25) is 0 Å². The quantitative estimate of drug-likeness (QED) is 0.469. The number of nitrogens with one attached hydrogen (secondary N) is 1. The van der Waals surface area contributed by atoms with E-state index in [1.807, 2.05) is 24.3 Å². The molecule has 0 aliphatic carbocycles. The van der Waals surface area contributed by atoms with Gasteiger partial charge in [0, 0.05) is 55.6 Å². The van der Waals surface area contributed by atoms with Gasteiger partial charge in [-0.05, 0) is 37.3 Å². The van der Waals surface area contributed by atoms with Crippen LogP contribution in [0.25, 0.3) is 0 Å². The Morgan fingerprint density at radius 2 is 1.78 bits per heavy atom. The molecule has 0 bridgehead atoms. The topological polar surface area (TPSA) is 122 Å². The molecule has 1 aliphatic heterocycles. The summed E-state index contributed by atoms with van der Waals surface area (Å²) in [5.74, 6) is -0.0158. The summed E-state index contributed by atoms with van der Waals surface area (Å²) in [4.78, 5) is 25.0. The number of ether oxygens (including phenoxy) is 1. The average molecular weight is 463 g/mol. The van der Waals surface area contributed by atoms with Gasteiger partial charge in [0.25, 0.3) is 11.6 Å². The smallest absolute Gasteiger partial charge is 0.273 e. The number of anilines is 1. The molecule has 172 valence electrons. The largest absolute Gasteiger partial charge is 0.497 e. The first kappa shape index (κ1) is 23.5. The van der Waals surface area contributed by atoms with Crippen molar-refractivity contribution in [2.45, 2.75) is 6.92 Å². The number of amides is 1. The highest BCUT2D eigenvalue weighted by molar-refractivity contribution is 7.89. The molecule has 0 aromatic heterocycles. The second kappa shape index (κ2) is 9.96. The van der Waals surface area contributed by atoms with E-state index in [-0.39, 0.29) is 29.1 Å². The molecule has 0 atom stereocenters. The minimum absolute atomic E-state index is 0.0814. The van der Waals surface area contributed by atoms with Crippen LogP contribution in [0.4, 0.5) is 11.4 Å². The SMILES string of the molecule is COc1ccc(N2CCN(S(=O)(=O)CCNC(=O)c3cccc([N+](=O)[O-])c3C)CC2)cc1. The zero-order chi connectivity index (χ0) is 23.3. The lowest BCUT2D eigenvalue weighted by atomic mass is 10.1. The van der Waals surface area contributed by atoms with Gasteiger partial charge in [-0.2, -0.15) is 4.31 Å². The summed E-state index contributed by atoms with van der Waals surface area (Å²) in [6.07, 6.45) is 0. The molecule has 11 heteroatoms. The van der Waals surface area contributed by atoms with Crippen LogP contribution in [0, 0.1) is 17.0 Å². The van der Waals surface area contributed by atoms with Crippen molar-refractivity contribution in [3.8, 4) is 5.75 Å². The number of nitrogens with zero attached hydrogens (tertiary/aromatic N) is 3. The van der Waals surface area contributed by atoms with E-state index < -0.39 is 20.9 Å². The molecule has 0 saturated carbocycles. The predicted molar refractivity (Wildman–Crippen MR) is 121 cm³/mol. The van der Waals surface area contributed by atoms with Gasteiger partial charge in [-0.25, -0.2) is 8.42 Å². The molecule has 1 amide bonds. The maximum absolute atomic E-state index is 12.7. The first-order valence-corrected chi connectivity index (χ1v) is 11.7. The fourth-order valence-corrected chi connectivity index (χ4v) is 4.94. The van der Waals surface area contributed by atoms with Gasteiger partial charge in [0.2, 0.25) is 10.0 Å². The van der Waals surface area contributed by atoms with Crippen molar-refractivity contribution in [1.29, 1.82) is 0 Å². The van der Waals surface area contributed by atoms with E-state index in [9.17, 15) is 23.3 Å². The van der Waals surface area contributed by atoms with E-state index in [0.29, 0.717) is 26.2 Å². The maximum Gasteiger partial charge on any atom is 0.273 e. The van der Waals surface area contributed by atoms with Gasteiger partial charge in [-0.1, -0.05) is 6.07 Å². The molecule has 1 aliphatic rings. The highest BCUT2D eigenvalue weighted by Gasteiger charge is 2.27. The zero-order valence-electron chi connectivity index (χ0n) is 18.0. The predicted octanol–water partition coefficient (Wildman–Crippen LogP) is 1.79. The second-order valence-corrected chi connectivity index (χ2v) is 9.45. The van der Waals surface area contributed by atoms with E-state index >= 15 is 0 Å². The summed E-state index contributed by atoms with van der Waals surface area (Å²) in [6, 6.07) is 11.8. The van der Waals surface area contributed by atoms with Crippen LogP contribution < -0.4 is 15.0 Å². The van der Waals surface area contributed by atoms with E-state index in [1.54, 1.807) is 7.11 Å². The number of carbonyl (C=O) groups excluding carboxylic acids is 1. The number of hydrogen-bond donors (Lipinski definition) is 1. The lowest BCUT2D eigenvalue weighted by Crippen LogP contribution is -2.50. The summed E-state index contributed by atoms with van der Waals surface area (Å²) < 4.78 is 32.0. The molecule has 3 rings (SSSR count). The number of methoxy groups -OCH3 is 1. The number of hydrogen-bond acceptors (Lipinski definition) is 7. The third kappa shape index (κ3) is 5.35. The van der Waals surface area contributed by atoms with Crippen LogP contribution in [0.1, 0.15) is 15.9 Å². The van der Waals surface area contributed by atoms with Gasteiger partial charge in [-0.3, -0.25) is 14.9 Å². The molecule has 1 N–H and O–H groups in total. The third-order valence-corrected chi connectivity index (χ3v) is 7.33. The van der Waals surface area contributed by atoms with Crippen LogP contribution >= 0.6 is 0 Å². The maximum atomic E-state index is 12.7. The number of nitro benzene ring substituents is 1. The minimum atomic E-state index is -3.55. The Bertz CT molecular complexity index is 1080. The van der Waals surface area contributed by atoms with Crippen molar-refractivity contribution in [1.82, 2.24) is 9.62 Å². The van der Waals surface area contributed by atoms with Crippen LogP contribution in [-0.2, 0) is 10.0 Å². The monoisotopic (exact) mass is 462 g/mol. The van der Waals surface area contributed by atoms with E-state index in [2.05, 4.69) is 10.2 Å². The summed E-state index contributed by atoms with van der Waals surface area (Å²) in [7, 11) is -1.94. The van der Waals surface area contributed by atoms with Crippen LogP contribution in [0.15, 0.2) is 42.5 Å². The molecule has 0 unspecified atom stereocenters. The molecule has 0 radical (unpaired) electrons. The Balaban J connectivity index is 1.52. The fraction of sp³-hybridized carbons (Fsp3) is 0.381. The number of sulfonamides is 1. The van der Waals surface area contributed by atoms with E-state index in [1.165, 1.54) is 29.4 Å². The number of benzene rings is 2. The van der Waals surface area contributed by atoms with Gasteiger partial charge in [0.1, 0.15) is 5.75 Å². The van der Waals surface area contributed by atoms with Gasteiger partial charge >= 0.3 is 0 Å². The second-order valence-electron chi connectivity index (χ2n) is 7.36. The fourth-order valence-electron chi connectivity index (χ4n) is 3.60. The molecule has 2 aromatic rings. The number of rotatable bonds is 8. The van der Waals surface area contributed by atoms with Crippen molar-refractivity contribution in [3.63, 3.8) is 0 Å². The third-order valence-electron chi connectivity index (χ3n) is 5.46. The van der Waals surface area contributed by atoms with Crippen molar-refractivity contribution in [3.05, 3.63) is 63.7 Å². The van der Waals surface area contributed by atoms with Gasteiger partial charge in [0.15, 0.2) is 0 Å². The van der Waals surface area contributed by atoms with Gasteiger partial charge in [0.05, 0.1) is 17.8 Å². The van der Waals surface area contributed by atoms with E-state index in [0.717, 1.165) is 11.4 Å². The van der Waals surface area contributed by atoms with Crippen LogP contribution in [-0.4, -0.2) is 69.1 Å². The van der Waals surface area contributed by atoms with E-state index in [4.69, 9.17) is 4.74 Å². The molecular weight excluding hydrogens is 436 g/mol.